The molecular weight excluding hydrogens is 320 g/mol. The normalized spacial score (nSPS) is 11.5. The molecule has 3 nitrogen and oxygen atoms in total. The van der Waals surface area contributed by atoms with Gasteiger partial charge in [-0.25, -0.2) is 8.42 Å². The first-order valence-electron chi connectivity index (χ1n) is 6.69. The summed E-state index contributed by atoms with van der Waals surface area (Å²) >= 11 is 0. The van der Waals surface area contributed by atoms with Gasteiger partial charge in [0.1, 0.15) is 17.3 Å². The Kier molecular flexibility index (Phi) is 4.05. The van der Waals surface area contributed by atoms with Crippen LogP contribution in [0.25, 0.3) is 10.8 Å². The van der Waals surface area contributed by atoms with Gasteiger partial charge in [0.2, 0.25) is 0 Å². The fourth-order valence-corrected chi connectivity index (χ4v) is 3.28. The van der Waals surface area contributed by atoms with E-state index in [1.165, 1.54) is 6.07 Å². The van der Waals surface area contributed by atoms with Crippen LogP contribution < -0.4 is 4.74 Å². The third kappa shape index (κ3) is 3.08. The van der Waals surface area contributed by atoms with Crippen LogP contribution in [0.2, 0.25) is 0 Å². The molecule has 0 unspecified atom stereocenters. The van der Waals surface area contributed by atoms with Crippen molar-refractivity contribution in [3.05, 3.63) is 72.3 Å². The minimum atomic E-state index is -3.88. The highest BCUT2D eigenvalue weighted by Crippen LogP contribution is 2.35. The number of hydrogen-bond acceptors (Lipinski definition) is 3. The smallest absolute Gasteiger partial charge is 0.265 e. The van der Waals surface area contributed by atoms with Crippen LogP contribution in [0, 0.1) is 0 Å². The highest BCUT2D eigenvalue weighted by Gasteiger charge is 2.19. The Labute approximate surface area is 133 Å². The third-order valence-corrected chi connectivity index (χ3v) is 4.68. The second kappa shape index (κ2) is 5.99. The molecule has 0 aliphatic carbocycles. The molecule has 0 aliphatic rings. The molecule has 112 valence electrons. The van der Waals surface area contributed by atoms with Gasteiger partial charge < -0.3 is 4.74 Å². The van der Waals surface area contributed by atoms with Gasteiger partial charge in [-0.2, -0.15) is 0 Å². The molecule has 3 aromatic carbocycles. The van der Waals surface area contributed by atoms with Crippen molar-refractivity contribution in [2.75, 3.05) is 0 Å². The van der Waals surface area contributed by atoms with E-state index in [0.29, 0.717) is 0 Å². The molecule has 0 bridgehead atoms. The van der Waals surface area contributed by atoms with Gasteiger partial charge in [-0.05, 0) is 17.0 Å². The number of ether oxygens (including phenoxy) is 1. The lowest BCUT2D eigenvalue weighted by Gasteiger charge is -2.13. The van der Waals surface area contributed by atoms with Crippen LogP contribution >= 0.6 is 10.7 Å². The van der Waals surface area contributed by atoms with Crippen molar-refractivity contribution in [3.63, 3.8) is 0 Å². The van der Waals surface area contributed by atoms with E-state index in [9.17, 15) is 8.42 Å². The second-order valence-electron chi connectivity index (χ2n) is 4.83. The first-order chi connectivity index (χ1) is 10.6. The molecule has 0 radical (unpaired) electrons. The standard InChI is InChI=1S/C17H13ClO3S/c18-22(19,20)16-11-10-14-8-4-5-9-15(14)17(16)21-12-13-6-2-1-3-7-13/h1-11H,12H2. The molecule has 0 fully saturated rings. The van der Waals surface area contributed by atoms with Gasteiger partial charge in [0.15, 0.2) is 0 Å². The van der Waals surface area contributed by atoms with Crippen LogP contribution in [0.5, 0.6) is 5.75 Å². The van der Waals surface area contributed by atoms with Crippen LogP contribution in [-0.2, 0) is 15.7 Å². The monoisotopic (exact) mass is 332 g/mol. The molecule has 0 saturated carbocycles. The van der Waals surface area contributed by atoms with E-state index in [1.807, 2.05) is 54.6 Å². The molecule has 0 atom stereocenters. The molecule has 0 spiro atoms. The van der Waals surface area contributed by atoms with E-state index in [2.05, 4.69) is 0 Å². The number of fused-ring (bicyclic) bond motifs is 1. The summed E-state index contributed by atoms with van der Waals surface area (Å²) in [6, 6.07) is 20.2. The Balaban J connectivity index is 2.08. The number of benzene rings is 3. The summed E-state index contributed by atoms with van der Waals surface area (Å²) in [6.45, 7) is 0.272. The van der Waals surface area contributed by atoms with Gasteiger partial charge in [0.05, 0.1) is 0 Å². The molecule has 3 rings (SSSR count). The van der Waals surface area contributed by atoms with Crippen molar-refractivity contribution < 1.29 is 13.2 Å². The Morgan fingerprint density at radius 3 is 2.27 bits per heavy atom. The fraction of sp³-hybridized carbons (Fsp3) is 0.0588. The van der Waals surface area contributed by atoms with Gasteiger partial charge >= 0.3 is 0 Å². The van der Waals surface area contributed by atoms with Crippen molar-refractivity contribution >= 4 is 30.5 Å². The summed E-state index contributed by atoms with van der Waals surface area (Å²) in [5.41, 5.74) is 0.952. The molecule has 0 N–H and O–H groups in total. The van der Waals surface area contributed by atoms with Crippen LogP contribution in [-0.4, -0.2) is 8.42 Å². The van der Waals surface area contributed by atoms with E-state index in [4.69, 9.17) is 15.4 Å². The Morgan fingerprint density at radius 2 is 1.55 bits per heavy atom. The van der Waals surface area contributed by atoms with Crippen LogP contribution in [0.1, 0.15) is 5.56 Å². The fourth-order valence-electron chi connectivity index (χ4n) is 2.29. The molecule has 0 aliphatic heterocycles. The molecule has 0 saturated heterocycles. The van der Waals surface area contributed by atoms with Crippen LogP contribution in [0.3, 0.4) is 0 Å². The van der Waals surface area contributed by atoms with Crippen molar-refractivity contribution in [1.29, 1.82) is 0 Å². The maximum absolute atomic E-state index is 11.8. The molecule has 0 heterocycles. The summed E-state index contributed by atoms with van der Waals surface area (Å²) in [6.07, 6.45) is 0. The molecule has 22 heavy (non-hydrogen) atoms. The highest BCUT2D eigenvalue weighted by atomic mass is 35.7. The zero-order valence-corrected chi connectivity index (χ0v) is 13.1. The average Bonchev–Trinajstić information content (AvgIpc) is 2.52. The topological polar surface area (TPSA) is 43.4 Å². The lowest BCUT2D eigenvalue weighted by atomic mass is 10.1. The minimum absolute atomic E-state index is 0.0104. The predicted octanol–water partition coefficient (Wildman–Crippen LogP) is 4.35. The average molecular weight is 333 g/mol. The maximum atomic E-state index is 11.8. The summed E-state index contributed by atoms with van der Waals surface area (Å²) in [5.74, 6) is 0.289. The summed E-state index contributed by atoms with van der Waals surface area (Å²) in [5, 5.41) is 1.62. The maximum Gasteiger partial charge on any atom is 0.265 e. The van der Waals surface area contributed by atoms with Gasteiger partial charge in [-0.1, -0.05) is 60.7 Å². The quantitative estimate of drug-likeness (QED) is 0.667. The summed E-state index contributed by atoms with van der Waals surface area (Å²) in [4.78, 5) is -0.0104. The number of hydrogen-bond donors (Lipinski definition) is 0. The summed E-state index contributed by atoms with van der Waals surface area (Å²) in [7, 11) is 1.66. The number of halogens is 1. The van der Waals surface area contributed by atoms with E-state index < -0.39 is 9.05 Å². The van der Waals surface area contributed by atoms with E-state index in [-0.39, 0.29) is 17.3 Å². The van der Waals surface area contributed by atoms with Gasteiger partial charge in [-0.15, -0.1) is 0 Å². The number of rotatable bonds is 4. The van der Waals surface area contributed by atoms with E-state index in [0.717, 1.165) is 16.3 Å². The van der Waals surface area contributed by atoms with E-state index in [1.54, 1.807) is 6.07 Å². The Bertz CT molecular complexity index is 906. The second-order valence-corrected chi connectivity index (χ2v) is 7.36. The largest absolute Gasteiger partial charge is 0.487 e. The third-order valence-electron chi connectivity index (χ3n) is 3.33. The van der Waals surface area contributed by atoms with Gasteiger partial charge in [-0.3, -0.25) is 0 Å². The summed E-state index contributed by atoms with van der Waals surface area (Å²) < 4.78 is 29.4. The van der Waals surface area contributed by atoms with Crippen molar-refractivity contribution in [3.8, 4) is 5.75 Å². The van der Waals surface area contributed by atoms with Crippen molar-refractivity contribution in [1.82, 2.24) is 0 Å². The van der Waals surface area contributed by atoms with Crippen molar-refractivity contribution in [2.24, 2.45) is 0 Å². The van der Waals surface area contributed by atoms with Crippen LogP contribution in [0.4, 0.5) is 0 Å². The Morgan fingerprint density at radius 1 is 0.864 bits per heavy atom. The molecule has 0 amide bonds. The molecule has 0 aromatic heterocycles. The lowest BCUT2D eigenvalue weighted by molar-refractivity contribution is 0.302. The Hall–Kier alpha value is -2.04. The predicted molar refractivity (Wildman–Crippen MR) is 87.8 cm³/mol. The molecule has 3 aromatic rings. The van der Waals surface area contributed by atoms with Crippen molar-refractivity contribution in [2.45, 2.75) is 11.5 Å². The molecular formula is C17H13ClO3S. The first-order valence-corrected chi connectivity index (χ1v) is 9.00. The lowest BCUT2D eigenvalue weighted by Crippen LogP contribution is -2.01. The zero-order valence-electron chi connectivity index (χ0n) is 11.6. The highest BCUT2D eigenvalue weighted by molar-refractivity contribution is 8.13. The SMILES string of the molecule is O=S(=O)(Cl)c1ccc2ccccc2c1OCc1ccccc1. The molecule has 5 heteroatoms. The van der Waals surface area contributed by atoms with E-state index >= 15 is 0 Å². The zero-order chi connectivity index (χ0) is 15.6. The van der Waals surface area contributed by atoms with Gasteiger partial charge in [0.25, 0.3) is 9.05 Å². The van der Waals surface area contributed by atoms with Crippen LogP contribution in [0.15, 0.2) is 71.6 Å². The first kappa shape index (κ1) is 14.9. The van der Waals surface area contributed by atoms with Gasteiger partial charge in [0, 0.05) is 16.1 Å². The minimum Gasteiger partial charge on any atom is -0.487 e.